The van der Waals surface area contributed by atoms with Crippen LogP contribution in [0.15, 0.2) is 28.7 Å². The number of hydrogen-bond donors (Lipinski definition) is 2. The van der Waals surface area contributed by atoms with Crippen LogP contribution in [0, 0.1) is 0 Å². The largest absolute Gasteiger partial charge is 0.491 e. The van der Waals surface area contributed by atoms with Gasteiger partial charge in [0.1, 0.15) is 18.5 Å². The first-order chi connectivity index (χ1) is 9.22. The Balaban J connectivity index is 2.06. The third-order valence-corrected chi connectivity index (χ3v) is 3.76. The van der Waals surface area contributed by atoms with E-state index in [1.165, 1.54) is 12.2 Å². The van der Waals surface area contributed by atoms with Crippen LogP contribution in [-0.2, 0) is 0 Å². The van der Waals surface area contributed by atoms with Gasteiger partial charge in [-0.3, -0.25) is 0 Å². The highest BCUT2D eigenvalue weighted by molar-refractivity contribution is 9.10. The summed E-state index contributed by atoms with van der Waals surface area (Å²) in [5, 5.41) is 13.0. The summed E-state index contributed by atoms with van der Waals surface area (Å²) in [6.07, 6.45) is 4.02. The van der Waals surface area contributed by atoms with Crippen molar-refractivity contribution in [1.29, 1.82) is 0 Å². The molecule has 0 aliphatic rings. The summed E-state index contributed by atoms with van der Waals surface area (Å²) in [5.41, 5.74) is 0. The number of aliphatic hydroxyl groups is 1. The molecular formula is C14H22BrNO2S. The second kappa shape index (κ2) is 10.5. The van der Waals surface area contributed by atoms with Gasteiger partial charge in [-0.05, 0) is 49.6 Å². The summed E-state index contributed by atoms with van der Waals surface area (Å²) in [6, 6.07) is 7.63. The van der Waals surface area contributed by atoms with E-state index in [0.717, 1.165) is 23.2 Å². The molecule has 0 aromatic heterocycles. The number of rotatable bonds is 10. The van der Waals surface area contributed by atoms with Crippen LogP contribution < -0.4 is 10.1 Å². The van der Waals surface area contributed by atoms with E-state index >= 15 is 0 Å². The number of benzene rings is 1. The first-order valence-corrected chi connectivity index (χ1v) is 8.67. The molecule has 0 aliphatic carbocycles. The Bertz CT molecular complexity index is 352. The van der Waals surface area contributed by atoms with Crippen molar-refractivity contribution in [3.63, 3.8) is 0 Å². The Kier molecular flexibility index (Phi) is 9.34. The molecule has 0 aliphatic heterocycles. The van der Waals surface area contributed by atoms with Crippen molar-refractivity contribution >= 4 is 27.7 Å². The molecule has 1 aromatic carbocycles. The summed E-state index contributed by atoms with van der Waals surface area (Å²) in [4.78, 5) is 0. The van der Waals surface area contributed by atoms with Crippen LogP contribution in [0.25, 0.3) is 0 Å². The van der Waals surface area contributed by atoms with Crippen molar-refractivity contribution in [1.82, 2.24) is 5.32 Å². The molecule has 0 saturated carbocycles. The molecule has 1 atom stereocenters. The van der Waals surface area contributed by atoms with E-state index in [9.17, 15) is 5.11 Å². The molecule has 0 saturated heterocycles. The summed E-state index contributed by atoms with van der Waals surface area (Å²) < 4.78 is 6.50. The highest BCUT2D eigenvalue weighted by atomic mass is 79.9. The van der Waals surface area contributed by atoms with Gasteiger partial charge in [-0.15, -0.1) is 0 Å². The zero-order valence-electron chi connectivity index (χ0n) is 11.3. The SMILES string of the molecule is CSCCCCNCC(O)COc1cccc(Br)c1. The minimum atomic E-state index is -0.473. The van der Waals surface area contributed by atoms with Gasteiger partial charge in [0, 0.05) is 11.0 Å². The van der Waals surface area contributed by atoms with Crippen molar-refractivity contribution in [2.75, 3.05) is 31.7 Å². The first kappa shape index (κ1) is 16.8. The maximum absolute atomic E-state index is 9.78. The van der Waals surface area contributed by atoms with Gasteiger partial charge >= 0.3 is 0 Å². The summed E-state index contributed by atoms with van der Waals surface area (Å²) in [6.45, 7) is 1.84. The normalized spacial score (nSPS) is 12.4. The van der Waals surface area contributed by atoms with Gasteiger partial charge in [0.15, 0.2) is 0 Å². The molecule has 0 radical (unpaired) electrons. The van der Waals surface area contributed by atoms with Gasteiger partial charge in [-0.2, -0.15) is 11.8 Å². The van der Waals surface area contributed by atoms with Gasteiger partial charge in [0.05, 0.1) is 0 Å². The molecular weight excluding hydrogens is 326 g/mol. The average Bonchev–Trinajstić information content (AvgIpc) is 2.40. The Hall–Kier alpha value is -0.230. The van der Waals surface area contributed by atoms with E-state index in [4.69, 9.17) is 4.74 Å². The smallest absolute Gasteiger partial charge is 0.120 e. The molecule has 3 nitrogen and oxygen atoms in total. The first-order valence-electron chi connectivity index (χ1n) is 6.48. The van der Waals surface area contributed by atoms with E-state index in [-0.39, 0.29) is 0 Å². The van der Waals surface area contributed by atoms with E-state index in [1.807, 2.05) is 36.0 Å². The fraction of sp³-hybridized carbons (Fsp3) is 0.571. The van der Waals surface area contributed by atoms with Gasteiger partial charge in [-0.1, -0.05) is 22.0 Å². The molecule has 108 valence electrons. The van der Waals surface area contributed by atoms with Gasteiger partial charge in [0.2, 0.25) is 0 Å². The van der Waals surface area contributed by atoms with Crippen LogP contribution in [0.5, 0.6) is 5.75 Å². The van der Waals surface area contributed by atoms with Crippen LogP contribution in [0.3, 0.4) is 0 Å². The Morgan fingerprint density at radius 3 is 3.00 bits per heavy atom. The number of aliphatic hydroxyl groups excluding tert-OH is 1. The zero-order chi connectivity index (χ0) is 13.9. The molecule has 2 N–H and O–H groups in total. The van der Waals surface area contributed by atoms with Crippen molar-refractivity contribution in [3.8, 4) is 5.75 Å². The number of ether oxygens (including phenoxy) is 1. The molecule has 0 fully saturated rings. The van der Waals surface area contributed by atoms with E-state index in [1.54, 1.807) is 0 Å². The third kappa shape index (κ3) is 8.52. The number of hydrogen-bond acceptors (Lipinski definition) is 4. The number of nitrogens with one attached hydrogen (secondary N) is 1. The lowest BCUT2D eigenvalue weighted by Crippen LogP contribution is -2.32. The van der Waals surface area contributed by atoms with Gasteiger partial charge in [0.25, 0.3) is 0 Å². The second-order valence-electron chi connectivity index (χ2n) is 4.33. The van der Waals surface area contributed by atoms with Gasteiger partial charge < -0.3 is 15.2 Å². The summed E-state index contributed by atoms with van der Waals surface area (Å²) in [5.74, 6) is 1.98. The Morgan fingerprint density at radius 1 is 1.42 bits per heavy atom. The molecule has 1 rings (SSSR count). The lowest BCUT2D eigenvalue weighted by molar-refractivity contribution is 0.106. The minimum absolute atomic E-state index is 0.314. The Labute approximate surface area is 128 Å². The quantitative estimate of drug-likeness (QED) is 0.638. The summed E-state index contributed by atoms with van der Waals surface area (Å²) in [7, 11) is 0. The summed E-state index contributed by atoms with van der Waals surface area (Å²) >= 11 is 5.26. The van der Waals surface area contributed by atoms with Crippen LogP contribution in [-0.4, -0.2) is 42.9 Å². The van der Waals surface area contributed by atoms with Crippen molar-refractivity contribution in [2.45, 2.75) is 18.9 Å². The number of thioether (sulfide) groups is 1. The van der Waals surface area contributed by atoms with Crippen molar-refractivity contribution < 1.29 is 9.84 Å². The van der Waals surface area contributed by atoms with Crippen molar-refractivity contribution in [3.05, 3.63) is 28.7 Å². The van der Waals surface area contributed by atoms with Crippen LogP contribution in [0.1, 0.15) is 12.8 Å². The highest BCUT2D eigenvalue weighted by Crippen LogP contribution is 2.17. The standard InChI is InChI=1S/C14H22BrNO2S/c1-19-8-3-2-7-16-10-13(17)11-18-14-6-4-5-12(15)9-14/h4-6,9,13,16-17H,2-3,7-8,10-11H2,1H3. The van der Waals surface area contributed by atoms with E-state index < -0.39 is 6.10 Å². The Morgan fingerprint density at radius 2 is 2.26 bits per heavy atom. The lowest BCUT2D eigenvalue weighted by atomic mass is 10.3. The molecule has 0 heterocycles. The molecule has 1 aromatic rings. The molecule has 19 heavy (non-hydrogen) atoms. The van der Waals surface area contributed by atoms with Crippen LogP contribution in [0.2, 0.25) is 0 Å². The predicted molar refractivity (Wildman–Crippen MR) is 86.1 cm³/mol. The molecule has 0 spiro atoms. The number of unbranched alkanes of at least 4 members (excludes halogenated alkanes) is 1. The second-order valence-corrected chi connectivity index (χ2v) is 6.23. The predicted octanol–water partition coefficient (Wildman–Crippen LogP) is 2.92. The fourth-order valence-electron chi connectivity index (χ4n) is 1.57. The topological polar surface area (TPSA) is 41.5 Å². The average molecular weight is 348 g/mol. The lowest BCUT2D eigenvalue weighted by Gasteiger charge is -2.13. The maximum Gasteiger partial charge on any atom is 0.120 e. The van der Waals surface area contributed by atoms with Crippen molar-refractivity contribution in [2.24, 2.45) is 0 Å². The van der Waals surface area contributed by atoms with Gasteiger partial charge in [-0.25, -0.2) is 0 Å². The monoisotopic (exact) mass is 347 g/mol. The highest BCUT2D eigenvalue weighted by Gasteiger charge is 2.04. The molecule has 1 unspecified atom stereocenters. The van der Waals surface area contributed by atoms with Crippen LogP contribution >= 0.6 is 27.7 Å². The van der Waals surface area contributed by atoms with E-state index in [0.29, 0.717) is 13.2 Å². The minimum Gasteiger partial charge on any atom is -0.491 e. The fourth-order valence-corrected chi connectivity index (χ4v) is 2.44. The molecule has 0 amide bonds. The number of halogens is 1. The van der Waals surface area contributed by atoms with E-state index in [2.05, 4.69) is 27.5 Å². The zero-order valence-corrected chi connectivity index (χ0v) is 13.7. The van der Waals surface area contributed by atoms with Crippen LogP contribution in [0.4, 0.5) is 0 Å². The third-order valence-electron chi connectivity index (χ3n) is 2.57. The molecule has 0 bridgehead atoms. The maximum atomic E-state index is 9.78. The molecule has 5 heteroatoms.